The molecule has 0 aromatic carbocycles. The van der Waals surface area contributed by atoms with Crippen LogP contribution < -0.4 is 5.73 Å². The van der Waals surface area contributed by atoms with Crippen molar-refractivity contribution in [2.75, 3.05) is 5.75 Å². The van der Waals surface area contributed by atoms with Crippen molar-refractivity contribution in [1.29, 1.82) is 0 Å². The lowest BCUT2D eigenvalue weighted by Gasteiger charge is -2.04. The van der Waals surface area contributed by atoms with Gasteiger partial charge < -0.3 is 5.73 Å². The first-order valence-corrected chi connectivity index (χ1v) is 7.52. The molecule has 6 heteroatoms. The van der Waals surface area contributed by atoms with E-state index >= 15 is 0 Å². The molecule has 1 aliphatic heterocycles. The Labute approximate surface area is 93.4 Å². The van der Waals surface area contributed by atoms with Crippen LogP contribution in [-0.2, 0) is 9.84 Å². The van der Waals surface area contributed by atoms with Gasteiger partial charge in [-0.25, -0.2) is 13.4 Å². The number of rotatable bonds is 2. The van der Waals surface area contributed by atoms with E-state index in [0.717, 1.165) is 12.1 Å². The summed E-state index contributed by atoms with van der Waals surface area (Å²) in [5, 5.41) is 2.18. The van der Waals surface area contributed by atoms with E-state index in [0.29, 0.717) is 17.2 Å². The number of thiazole rings is 1. The highest BCUT2D eigenvalue weighted by atomic mass is 32.2. The van der Waals surface area contributed by atoms with Crippen LogP contribution in [0.15, 0.2) is 5.38 Å². The van der Waals surface area contributed by atoms with Gasteiger partial charge in [0.1, 0.15) is 10.3 Å². The topological polar surface area (TPSA) is 73.1 Å². The van der Waals surface area contributed by atoms with Gasteiger partial charge in [-0.05, 0) is 19.8 Å². The van der Waals surface area contributed by atoms with Crippen molar-refractivity contribution < 1.29 is 8.42 Å². The molecule has 2 atom stereocenters. The Bertz CT molecular complexity index is 450. The predicted molar refractivity (Wildman–Crippen MR) is 60.5 cm³/mol. The lowest BCUT2D eigenvalue weighted by molar-refractivity contribution is 0.591. The van der Waals surface area contributed by atoms with Crippen LogP contribution in [0, 0.1) is 0 Å². The highest BCUT2D eigenvalue weighted by Gasteiger charge is 2.34. The number of aromatic nitrogens is 1. The minimum Gasteiger partial charge on any atom is -0.323 e. The van der Waals surface area contributed by atoms with Crippen LogP contribution in [-0.4, -0.2) is 19.2 Å². The quantitative estimate of drug-likeness (QED) is 0.856. The van der Waals surface area contributed by atoms with Gasteiger partial charge in [0.15, 0.2) is 9.84 Å². The number of nitrogens with zero attached hydrogens (tertiary/aromatic N) is 1. The third-order valence-electron chi connectivity index (χ3n) is 2.61. The third-order valence-corrected chi connectivity index (χ3v) is 5.92. The van der Waals surface area contributed by atoms with E-state index in [2.05, 4.69) is 4.98 Å². The molecule has 0 amide bonds. The average Bonchev–Trinajstić information content (AvgIpc) is 2.69. The molecule has 0 saturated carbocycles. The van der Waals surface area contributed by atoms with Crippen molar-refractivity contribution in [3.63, 3.8) is 0 Å². The Morgan fingerprint density at radius 2 is 2.40 bits per heavy atom. The van der Waals surface area contributed by atoms with Crippen LogP contribution in [0.1, 0.15) is 41.8 Å². The van der Waals surface area contributed by atoms with E-state index < -0.39 is 9.84 Å². The average molecular weight is 246 g/mol. The molecule has 0 bridgehead atoms. The summed E-state index contributed by atoms with van der Waals surface area (Å²) in [5.74, 6) is 0.296. The van der Waals surface area contributed by atoms with Gasteiger partial charge in [0.05, 0.1) is 11.4 Å². The number of hydrogen-bond acceptors (Lipinski definition) is 5. The van der Waals surface area contributed by atoms with Gasteiger partial charge in [-0.15, -0.1) is 11.3 Å². The highest BCUT2D eigenvalue weighted by Crippen LogP contribution is 2.36. The summed E-state index contributed by atoms with van der Waals surface area (Å²) in [5.41, 5.74) is 6.48. The Balaban J connectivity index is 2.30. The zero-order chi connectivity index (χ0) is 11.1. The van der Waals surface area contributed by atoms with Gasteiger partial charge in [-0.1, -0.05) is 0 Å². The Morgan fingerprint density at radius 3 is 2.87 bits per heavy atom. The summed E-state index contributed by atoms with van der Waals surface area (Å²) in [4.78, 5) is 4.30. The molecule has 1 aliphatic rings. The fourth-order valence-corrected chi connectivity index (χ4v) is 5.01. The summed E-state index contributed by atoms with van der Waals surface area (Å²) in [6.45, 7) is 1.85. The lowest BCUT2D eigenvalue weighted by Crippen LogP contribution is -2.09. The fourth-order valence-electron chi connectivity index (χ4n) is 1.73. The van der Waals surface area contributed by atoms with Crippen molar-refractivity contribution in [2.24, 2.45) is 5.73 Å². The maximum absolute atomic E-state index is 11.7. The Hall–Kier alpha value is -0.460. The van der Waals surface area contributed by atoms with E-state index in [-0.39, 0.29) is 11.3 Å². The van der Waals surface area contributed by atoms with Crippen LogP contribution in [0.25, 0.3) is 0 Å². The molecule has 2 unspecified atom stereocenters. The van der Waals surface area contributed by atoms with Gasteiger partial charge in [0.2, 0.25) is 0 Å². The molecule has 15 heavy (non-hydrogen) atoms. The highest BCUT2D eigenvalue weighted by molar-refractivity contribution is 7.92. The standard InChI is InChI=1S/C9H14N2O2S2/c1-6(10)7-5-14-9(11-7)8-3-2-4-15(8,12)13/h5-6,8H,2-4,10H2,1H3. The Kier molecular flexibility index (Phi) is 2.83. The van der Waals surface area contributed by atoms with Gasteiger partial charge in [0.25, 0.3) is 0 Å². The summed E-state index contributed by atoms with van der Waals surface area (Å²) >= 11 is 1.41. The van der Waals surface area contributed by atoms with Crippen LogP contribution in [0.3, 0.4) is 0 Å². The molecule has 4 nitrogen and oxygen atoms in total. The number of sulfone groups is 1. The molecule has 0 aliphatic carbocycles. The molecule has 0 radical (unpaired) electrons. The van der Waals surface area contributed by atoms with E-state index in [1.54, 1.807) is 0 Å². The summed E-state index contributed by atoms with van der Waals surface area (Å²) in [6, 6.07) is -0.126. The molecule has 2 rings (SSSR count). The van der Waals surface area contributed by atoms with E-state index in [9.17, 15) is 8.42 Å². The first-order valence-electron chi connectivity index (χ1n) is 4.93. The molecular formula is C9H14N2O2S2. The van der Waals surface area contributed by atoms with Crippen molar-refractivity contribution in [2.45, 2.75) is 31.1 Å². The van der Waals surface area contributed by atoms with Crippen molar-refractivity contribution >= 4 is 21.2 Å². The first kappa shape index (κ1) is 11.0. The van der Waals surface area contributed by atoms with Gasteiger partial charge in [-0.2, -0.15) is 0 Å². The largest absolute Gasteiger partial charge is 0.323 e. The monoisotopic (exact) mass is 246 g/mol. The maximum atomic E-state index is 11.7. The molecule has 2 N–H and O–H groups in total. The van der Waals surface area contributed by atoms with E-state index in [1.807, 2.05) is 12.3 Å². The maximum Gasteiger partial charge on any atom is 0.159 e. The molecule has 1 aromatic heterocycles. The number of hydrogen-bond donors (Lipinski definition) is 1. The third kappa shape index (κ3) is 2.07. The smallest absolute Gasteiger partial charge is 0.159 e. The molecule has 0 spiro atoms. The molecule has 84 valence electrons. The minimum absolute atomic E-state index is 0.126. The van der Waals surface area contributed by atoms with Crippen LogP contribution in [0.2, 0.25) is 0 Å². The second-order valence-electron chi connectivity index (χ2n) is 3.90. The van der Waals surface area contributed by atoms with E-state index in [1.165, 1.54) is 11.3 Å². The summed E-state index contributed by atoms with van der Waals surface area (Å²) in [6.07, 6.45) is 1.45. The zero-order valence-electron chi connectivity index (χ0n) is 8.51. The normalized spacial score (nSPS) is 26.7. The lowest BCUT2D eigenvalue weighted by atomic mass is 10.2. The zero-order valence-corrected chi connectivity index (χ0v) is 10.1. The van der Waals surface area contributed by atoms with Crippen molar-refractivity contribution in [3.8, 4) is 0 Å². The molecule has 1 aromatic rings. The summed E-state index contributed by atoms with van der Waals surface area (Å²) in [7, 11) is -2.95. The minimum atomic E-state index is -2.95. The summed E-state index contributed by atoms with van der Waals surface area (Å²) < 4.78 is 23.4. The number of nitrogens with two attached hydrogens (primary N) is 1. The molecular weight excluding hydrogens is 232 g/mol. The second-order valence-corrected chi connectivity index (χ2v) is 7.09. The van der Waals surface area contributed by atoms with Gasteiger partial charge in [-0.3, -0.25) is 0 Å². The molecule has 2 heterocycles. The van der Waals surface area contributed by atoms with Gasteiger partial charge in [0, 0.05) is 11.4 Å². The van der Waals surface area contributed by atoms with Crippen molar-refractivity contribution in [3.05, 3.63) is 16.1 Å². The van der Waals surface area contributed by atoms with Crippen molar-refractivity contribution in [1.82, 2.24) is 4.98 Å². The Morgan fingerprint density at radius 1 is 1.67 bits per heavy atom. The van der Waals surface area contributed by atoms with E-state index in [4.69, 9.17) is 5.73 Å². The molecule has 1 fully saturated rings. The predicted octanol–water partition coefficient (Wildman–Crippen LogP) is 1.41. The molecule has 1 saturated heterocycles. The fraction of sp³-hybridized carbons (Fsp3) is 0.667. The SMILES string of the molecule is CC(N)c1csc(C2CCCS2(=O)=O)n1. The first-order chi connectivity index (χ1) is 7.00. The van der Waals surface area contributed by atoms with Crippen LogP contribution in [0.5, 0.6) is 0 Å². The second kappa shape index (κ2) is 3.84. The van der Waals surface area contributed by atoms with Gasteiger partial charge >= 0.3 is 0 Å². The van der Waals surface area contributed by atoms with Crippen LogP contribution in [0.4, 0.5) is 0 Å². The van der Waals surface area contributed by atoms with Crippen LogP contribution >= 0.6 is 11.3 Å².